The summed E-state index contributed by atoms with van der Waals surface area (Å²) in [6.45, 7) is 0. The van der Waals surface area contributed by atoms with Gasteiger partial charge in [0.25, 0.3) is 5.91 Å². The molecule has 0 saturated heterocycles. The van der Waals surface area contributed by atoms with Crippen LogP contribution in [0, 0.1) is 0 Å². The van der Waals surface area contributed by atoms with E-state index in [9.17, 15) is 14.4 Å². The highest BCUT2D eigenvalue weighted by atomic mass is 79.9. The van der Waals surface area contributed by atoms with Crippen LogP contribution in [0.2, 0.25) is 10.0 Å². The third-order valence-electron chi connectivity index (χ3n) is 4.68. The van der Waals surface area contributed by atoms with Gasteiger partial charge in [-0.3, -0.25) is 19.8 Å². The third-order valence-corrected chi connectivity index (χ3v) is 6.21. The maximum absolute atomic E-state index is 13.1. The van der Waals surface area contributed by atoms with Gasteiger partial charge < -0.3 is 10.6 Å². The zero-order valence-electron chi connectivity index (χ0n) is 17.0. The summed E-state index contributed by atoms with van der Waals surface area (Å²) < 4.78 is 2.78. The van der Waals surface area contributed by atoms with Gasteiger partial charge in [-0.1, -0.05) is 61.1 Å². The lowest BCUT2D eigenvalue weighted by molar-refractivity contribution is -0.133. The van der Waals surface area contributed by atoms with Crippen LogP contribution in [-0.2, 0) is 9.59 Å². The molecule has 4 rings (SSSR count). The molecule has 7 nitrogen and oxygen atoms in total. The minimum atomic E-state index is -0.959. The van der Waals surface area contributed by atoms with Gasteiger partial charge in [0.1, 0.15) is 5.69 Å². The predicted octanol–water partition coefficient (Wildman–Crippen LogP) is 6.43. The molecule has 0 aliphatic rings. The van der Waals surface area contributed by atoms with E-state index in [4.69, 9.17) is 23.2 Å². The fraction of sp³-hybridized carbons (Fsp3) is 0. The molecular formula is C23H14Br2Cl2N4O3. The lowest BCUT2D eigenvalue weighted by atomic mass is 10.2. The molecular weight excluding hydrogens is 611 g/mol. The molecule has 0 aliphatic carbocycles. The number of benzene rings is 3. The van der Waals surface area contributed by atoms with Gasteiger partial charge in [-0.15, -0.1) is 0 Å². The van der Waals surface area contributed by atoms with Crippen molar-refractivity contribution in [2.45, 2.75) is 0 Å². The van der Waals surface area contributed by atoms with Crippen molar-refractivity contribution in [3.05, 3.63) is 91.4 Å². The van der Waals surface area contributed by atoms with Crippen LogP contribution in [0.1, 0.15) is 10.5 Å². The number of rotatable bonds is 4. The van der Waals surface area contributed by atoms with Gasteiger partial charge in [0.2, 0.25) is 0 Å². The summed E-state index contributed by atoms with van der Waals surface area (Å²) in [7, 11) is 0. The zero-order valence-corrected chi connectivity index (χ0v) is 21.7. The molecule has 3 N–H and O–H groups in total. The summed E-state index contributed by atoms with van der Waals surface area (Å²) in [6.07, 6.45) is 0. The van der Waals surface area contributed by atoms with Gasteiger partial charge in [0.05, 0.1) is 16.2 Å². The smallest absolute Gasteiger partial charge is 0.319 e. The van der Waals surface area contributed by atoms with Crippen LogP contribution >= 0.6 is 55.1 Å². The number of nitrogens with one attached hydrogen (secondary N) is 3. The van der Waals surface area contributed by atoms with Crippen molar-refractivity contribution < 1.29 is 14.4 Å². The van der Waals surface area contributed by atoms with E-state index in [1.54, 1.807) is 60.7 Å². The van der Waals surface area contributed by atoms with E-state index in [0.29, 0.717) is 27.3 Å². The summed E-state index contributed by atoms with van der Waals surface area (Å²) in [4.78, 5) is 38.3. The highest BCUT2D eigenvalue weighted by molar-refractivity contribution is 9.10. The number of hydrogen-bond donors (Lipinski definition) is 3. The zero-order chi connectivity index (χ0) is 24.4. The molecule has 172 valence electrons. The van der Waals surface area contributed by atoms with Crippen molar-refractivity contribution in [3.8, 4) is 0 Å². The third kappa shape index (κ3) is 5.44. The molecule has 4 aromatic rings. The molecule has 0 spiro atoms. The van der Waals surface area contributed by atoms with Gasteiger partial charge in [-0.2, -0.15) is 0 Å². The standard InChI is InChI=1S/C23H14Br2Cl2N4O3/c24-13-2-1-3-16(10-13)28-22(33)23(34)30-31-19-7-4-14(25)8-12(19)9-20(31)21(32)29-18-6-5-15(26)11-17(18)27/h1-11H,(H,28,33)(H,29,32)(H,30,34). The summed E-state index contributed by atoms with van der Waals surface area (Å²) >= 11 is 18.8. The molecule has 3 amide bonds. The molecule has 0 aliphatic heterocycles. The molecule has 3 aromatic carbocycles. The highest BCUT2D eigenvalue weighted by Gasteiger charge is 2.22. The number of anilines is 2. The van der Waals surface area contributed by atoms with Crippen molar-refractivity contribution in [2.24, 2.45) is 0 Å². The second kappa shape index (κ2) is 10.2. The molecule has 0 unspecified atom stereocenters. The van der Waals surface area contributed by atoms with Crippen LogP contribution in [0.25, 0.3) is 10.9 Å². The Morgan fingerprint density at radius 1 is 0.794 bits per heavy atom. The van der Waals surface area contributed by atoms with E-state index in [0.717, 1.165) is 8.95 Å². The quantitative estimate of drug-likeness (QED) is 0.228. The van der Waals surface area contributed by atoms with Crippen molar-refractivity contribution in [3.63, 3.8) is 0 Å². The summed E-state index contributed by atoms with van der Waals surface area (Å²) in [5, 5.41) is 6.56. The van der Waals surface area contributed by atoms with Crippen molar-refractivity contribution in [1.29, 1.82) is 0 Å². The molecule has 0 fully saturated rings. The first-order chi connectivity index (χ1) is 16.2. The lowest BCUT2D eigenvalue weighted by Gasteiger charge is -2.13. The van der Waals surface area contributed by atoms with Crippen LogP contribution in [0.15, 0.2) is 75.7 Å². The van der Waals surface area contributed by atoms with Crippen molar-refractivity contribution in [1.82, 2.24) is 4.68 Å². The Bertz CT molecular complexity index is 1460. The maximum Gasteiger partial charge on any atom is 0.328 e. The lowest BCUT2D eigenvalue weighted by Crippen LogP contribution is -2.36. The number of halogens is 4. The van der Waals surface area contributed by atoms with Gasteiger partial charge in [0.15, 0.2) is 0 Å². The number of amides is 3. The number of aromatic nitrogens is 1. The SMILES string of the molecule is O=C(Nc1cccc(Br)c1)C(=O)Nn1c(C(=O)Nc2ccc(Cl)cc2Cl)cc2cc(Br)ccc21. The van der Waals surface area contributed by atoms with Gasteiger partial charge in [-0.25, -0.2) is 4.68 Å². The second-order valence-electron chi connectivity index (χ2n) is 7.05. The Balaban J connectivity index is 1.64. The molecule has 0 radical (unpaired) electrons. The van der Waals surface area contributed by atoms with Gasteiger partial charge in [-0.05, 0) is 60.7 Å². The predicted molar refractivity (Wildman–Crippen MR) is 141 cm³/mol. The average Bonchev–Trinajstić information content (AvgIpc) is 3.13. The Morgan fingerprint density at radius 3 is 2.29 bits per heavy atom. The summed E-state index contributed by atoms with van der Waals surface area (Å²) in [6, 6.07) is 18.3. The normalized spacial score (nSPS) is 10.7. The van der Waals surface area contributed by atoms with E-state index < -0.39 is 17.7 Å². The Labute approximate surface area is 220 Å². The first-order valence-electron chi connectivity index (χ1n) is 9.66. The fourth-order valence-electron chi connectivity index (χ4n) is 3.16. The van der Waals surface area contributed by atoms with E-state index in [-0.39, 0.29) is 10.7 Å². The van der Waals surface area contributed by atoms with Crippen LogP contribution < -0.4 is 16.1 Å². The van der Waals surface area contributed by atoms with E-state index in [2.05, 4.69) is 47.9 Å². The van der Waals surface area contributed by atoms with Crippen molar-refractivity contribution in [2.75, 3.05) is 16.1 Å². The summed E-state index contributed by atoms with van der Waals surface area (Å²) in [5.41, 5.74) is 3.88. The van der Waals surface area contributed by atoms with Crippen molar-refractivity contribution >= 4 is 95.1 Å². The summed E-state index contributed by atoms with van der Waals surface area (Å²) in [5.74, 6) is -2.41. The highest BCUT2D eigenvalue weighted by Crippen LogP contribution is 2.27. The van der Waals surface area contributed by atoms with Gasteiger partial charge >= 0.3 is 11.8 Å². The second-order valence-corrected chi connectivity index (χ2v) is 9.73. The topological polar surface area (TPSA) is 92.2 Å². The number of carbonyl (C=O) groups excluding carboxylic acids is 3. The van der Waals surface area contributed by atoms with E-state index in [1.165, 1.54) is 10.7 Å². The fourth-order valence-corrected chi connectivity index (χ4v) is 4.39. The average molecular weight is 625 g/mol. The van der Waals surface area contributed by atoms with E-state index in [1.807, 2.05) is 0 Å². The molecule has 1 aromatic heterocycles. The number of fused-ring (bicyclic) bond motifs is 1. The number of hydrogen-bond acceptors (Lipinski definition) is 3. The van der Waals surface area contributed by atoms with Crippen LogP contribution in [-0.4, -0.2) is 22.4 Å². The van der Waals surface area contributed by atoms with Crippen LogP contribution in [0.4, 0.5) is 11.4 Å². The molecule has 0 atom stereocenters. The Hall–Kier alpha value is -2.85. The number of nitrogens with zero attached hydrogens (tertiary/aromatic N) is 1. The molecule has 34 heavy (non-hydrogen) atoms. The first-order valence-corrected chi connectivity index (χ1v) is 12.0. The maximum atomic E-state index is 13.1. The molecule has 0 bridgehead atoms. The van der Waals surface area contributed by atoms with Crippen LogP contribution in [0.3, 0.4) is 0 Å². The van der Waals surface area contributed by atoms with Gasteiger partial charge in [0, 0.05) is 25.0 Å². The molecule has 1 heterocycles. The minimum Gasteiger partial charge on any atom is -0.319 e. The Morgan fingerprint density at radius 2 is 1.56 bits per heavy atom. The monoisotopic (exact) mass is 622 g/mol. The molecule has 0 saturated carbocycles. The largest absolute Gasteiger partial charge is 0.328 e. The molecule has 11 heteroatoms. The number of carbonyl (C=O) groups is 3. The Kier molecular flexibility index (Phi) is 7.27. The first kappa shape index (κ1) is 24.3. The van der Waals surface area contributed by atoms with E-state index >= 15 is 0 Å². The minimum absolute atomic E-state index is 0.0859. The van der Waals surface area contributed by atoms with Crippen LogP contribution in [0.5, 0.6) is 0 Å².